The van der Waals surface area contributed by atoms with E-state index in [1.807, 2.05) is 60.7 Å². The molecular weight excluding hydrogens is 242 g/mol. The number of benzene rings is 2. The highest BCUT2D eigenvalue weighted by molar-refractivity contribution is 7.80. The normalized spacial score (nSPS) is 15.8. The van der Waals surface area contributed by atoms with Gasteiger partial charge in [-0.25, -0.2) is 0 Å². The van der Waals surface area contributed by atoms with Gasteiger partial charge in [0.15, 0.2) is 0 Å². The van der Waals surface area contributed by atoms with E-state index in [1.165, 1.54) is 0 Å². The van der Waals surface area contributed by atoms with Gasteiger partial charge in [-0.2, -0.15) is 0 Å². The first kappa shape index (κ1) is 11.0. The van der Waals surface area contributed by atoms with Crippen molar-refractivity contribution in [3.63, 3.8) is 0 Å². The molecule has 0 bridgehead atoms. The maximum atomic E-state index is 5.60. The fraction of sp³-hybridized carbons (Fsp3) is 0. The van der Waals surface area contributed by atoms with Gasteiger partial charge in [-0.1, -0.05) is 42.5 Å². The molecule has 0 aromatic heterocycles. The van der Waals surface area contributed by atoms with Gasteiger partial charge in [0.25, 0.3) is 5.17 Å². The van der Waals surface area contributed by atoms with Crippen molar-refractivity contribution >= 4 is 34.9 Å². The third kappa shape index (κ3) is 2.13. The number of hydrogen-bond donors (Lipinski definition) is 1. The molecule has 2 aromatic rings. The Labute approximate surface area is 111 Å². The Balaban J connectivity index is 2.08. The summed E-state index contributed by atoms with van der Waals surface area (Å²) < 4.78 is 5.60. The second-order valence-electron chi connectivity index (χ2n) is 3.98. The van der Waals surface area contributed by atoms with E-state index in [4.69, 9.17) is 17.0 Å². The molecule has 0 fully saturated rings. The van der Waals surface area contributed by atoms with Crippen molar-refractivity contribution in [2.45, 2.75) is 0 Å². The molecule has 1 aliphatic rings. The van der Waals surface area contributed by atoms with Crippen molar-refractivity contribution in [3.8, 4) is 0 Å². The molecule has 3 rings (SSSR count). The summed E-state index contributed by atoms with van der Waals surface area (Å²) in [6.07, 6.45) is 1.99. The molecule has 0 unspecified atom stereocenters. The smallest absolute Gasteiger partial charge is 0.266 e. The SMILES string of the molecule is S=C1Nc2ccccc2/C(=C/c2ccccc2)O1. The molecule has 2 aromatic carbocycles. The molecule has 0 amide bonds. The zero-order valence-corrected chi connectivity index (χ0v) is 10.4. The van der Waals surface area contributed by atoms with Crippen LogP contribution in [0, 0.1) is 0 Å². The Bertz CT molecular complexity index is 619. The monoisotopic (exact) mass is 253 g/mol. The first-order valence-corrected chi connectivity index (χ1v) is 6.09. The first-order chi connectivity index (χ1) is 8.83. The lowest BCUT2D eigenvalue weighted by Crippen LogP contribution is -2.19. The number of para-hydroxylation sites is 1. The highest BCUT2D eigenvalue weighted by atomic mass is 32.1. The van der Waals surface area contributed by atoms with E-state index >= 15 is 0 Å². The molecule has 0 aliphatic carbocycles. The molecule has 3 heteroatoms. The topological polar surface area (TPSA) is 21.3 Å². The van der Waals surface area contributed by atoms with Crippen LogP contribution in [0.3, 0.4) is 0 Å². The van der Waals surface area contributed by atoms with E-state index < -0.39 is 0 Å². The summed E-state index contributed by atoms with van der Waals surface area (Å²) in [5.41, 5.74) is 3.10. The minimum atomic E-state index is 0.385. The van der Waals surface area contributed by atoms with Gasteiger partial charge in [-0.15, -0.1) is 0 Å². The summed E-state index contributed by atoms with van der Waals surface area (Å²) in [4.78, 5) is 0. The Hall–Kier alpha value is -2.13. The second kappa shape index (κ2) is 4.63. The minimum absolute atomic E-state index is 0.385. The quantitative estimate of drug-likeness (QED) is 0.778. The molecule has 0 saturated heterocycles. The number of rotatable bonds is 1. The maximum absolute atomic E-state index is 5.60. The number of nitrogens with one attached hydrogen (secondary N) is 1. The maximum Gasteiger partial charge on any atom is 0.266 e. The Kier molecular flexibility index (Phi) is 2.82. The Morgan fingerprint density at radius 3 is 2.50 bits per heavy atom. The molecule has 18 heavy (non-hydrogen) atoms. The lowest BCUT2D eigenvalue weighted by Gasteiger charge is -2.21. The second-order valence-corrected chi connectivity index (χ2v) is 4.35. The summed E-state index contributed by atoms with van der Waals surface area (Å²) in [7, 11) is 0. The van der Waals surface area contributed by atoms with Crippen LogP contribution in [0.25, 0.3) is 11.8 Å². The van der Waals surface area contributed by atoms with Crippen molar-refractivity contribution in [1.29, 1.82) is 0 Å². The van der Waals surface area contributed by atoms with Gasteiger partial charge >= 0.3 is 0 Å². The van der Waals surface area contributed by atoms with Crippen LogP contribution in [0.1, 0.15) is 11.1 Å². The van der Waals surface area contributed by atoms with Crippen molar-refractivity contribution in [2.75, 3.05) is 5.32 Å². The van der Waals surface area contributed by atoms with Crippen LogP contribution in [0.2, 0.25) is 0 Å². The highest BCUT2D eigenvalue weighted by Crippen LogP contribution is 2.30. The molecule has 1 aliphatic heterocycles. The largest absolute Gasteiger partial charge is 0.431 e. The van der Waals surface area contributed by atoms with Crippen molar-refractivity contribution in [2.24, 2.45) is 0 Å². The molecule has 1 N–H and O–H groups in total. The van der Waals surface area contributed by atoms with Crippen LogP contribution >= 0.6 is 12.2 Å². The van der Waals surface area contributed by atoms with Gasteiger partial charge in [-0.3, -0.25) is 0 Å². The van der Waals surface area contributed by atoms with Gasteiger partial charge in [0.05, 0.1) is 5.69 Å². The molecule has 0 radical (unpaired) electrons. The third-order valence-electron chi connectivity index (χ3n) is 2.73. The number of ether oxygens (including phenoxy) is 1. The average molecular weight is 253 g/mol. The fourth-order valence-electron chi connectivity index (χ4n) is 1.91. The zero-order chi connectivity index (χ0) is 12.4. The fourth-order valence-corrected chi connectivity index (χ4v) is 2.10. The van der Waals surface area contributed by atoms with Crippen molar-refractivity contribution in [1.82, 2.24) is 0 Å². The summed E-state index contributed by atoms with van der Waals surface area (Å²) >= 11 is 5.10. The number of thiocarbonyl (C=S) groups is 1. The van der Waals surface area contributed by atoms with Crippen molar-refractivity contribution in [3.05, 3.63) is 65.7 Å². The highest BCUT2D eigenvalue weighted by Gasteiger charge is 2.17. The van der Waals surface area contributed by atoms with Crippen LogP contribution in [0.15, 0.2) is 54.6 Å². The predicted molar refractivity (Wildman–Crippen MR) is 78.1 cm³/mol. The van der Waals surface area contributed by atoms with Crippen LogP contribution < -0.4 is 5.32 Å². The summed E-state index contributed by atoms with van der Waals surface area (Å²) in [6, 6.07) is 18.0. The minimum Gasteiger partial charge on any atom is -0.431 e. The first-order valence-electron chi connectivity index (χ1n) is 5.68. The zero-order valence-electron chi connectivity index (χ0n) is 9.59. The van der Waals surface area contributed by atoms with E-state index in [0.717, 1.165) is 22.6 Å². The molecular formula is C15H11NOS. The molecule has 88 valence electrons. The summed E-state index contributed by atoms with van der Waals surface area (Å²) in [5.74, 6) is 0.778. The number of fused-ring (bicyclic) bond motifs is 1. The van der Waals surface area contributed by atoms with Crippen molar-refractivity contribution < 1.29 is 4.74 Å². The standard InChI is InChI=1S/C15H11NOS/c18-15-16-13-9-5-4-8-12(13)14(17-15)10-11-6-2-1-3-7-11/h1-10H,(H,16,18)/b14-10-. The number of hydrogen-bond acceptors (Lipinski definition) is 2. The van der Waals surface area contributed by atoms with Crippen LogP contribution in [-0.2, 0) is 4.74 Å². The van der Waals surface area contributed by atoms with E-state index in [1.54, 1.807) is 0 Å². The lowest BCUT2D eigenvalue weighted by atomic mass is 10.1. The number of anilines is 1. The van der Waals surface area contributed by atoms with E-state index in [-0.39, 0.29) is 0 Å². The molecule has 2 nitrogen and oxygen atoms in total. The molecule has 0 spiro atoms. The predicted octanol–water partition coefficient (Wildman–Crippen LogP) is 3.91. The van der Waals surface area contributed by atoms with Crippen LogP contribution in [0.5, 0.6) is 0 Å². The third-order valence-corrected chi connectivity index (χ3v) is 2.91. The average Bonchev–Trinajstić information content (AvgIpc) is 2.40. The van der Waals surface area contributed by atoms with E-state index in [2.05, 4.69) is 5.32 Å². The summed E-state index contributed by atoms with van der Waals surface area (Å²) in [5, 5.41) is 3.43. The van der Waals surface area contributed by atoms with Gasteiger partial charge in [0, 0.05) is 5.56 Å². The Morgan fingerprint density at radius 2 is 1.67 bits per heavy atom. The van der Waals surface area contributed by atoms with Gasteiger partial charge in [0.2, 0.25) is 0 Å². The summed E-state index contributed by atoms with van der Waals surface area (Å²) in [6.45, 7) is 0. The Morgan fingerprint density at radius 1 is 0.944 bits per heavy atom. The van der Waals surface area contributed by atoms with Gasteiger partial charge < -0.3 is 10.1 Å². The van der Waals surface area contributed by atoms with Gasteiger partial charge in [-0.05, 0) is 36.0 Å². The van der Waals surface area contributed by atoms with Gasteiger partial charge in [0.1, 0.15) is 5.76 Å². The van der Waals surface area contributed by atoms with Crippen LogP contribution in [-0.4, -0.2) is 5.17 Å². The van der Waals surface area contributed by atoms with E-state index in [0.29, 0.717) is 5.17 Å². The lowest BCUT2D eigenvalue weighted by molar-refractivity contribution is 0.517. The van der Waals surface area contributed by atoms with E-state index in [9.17, 15) is 0 Å². The molecule has 1 heterocycles. The molecule has 0 atom stereocenters. The molecule has 0 saturated carbocycles. The van der Waals surface area contributed by atoms with Crippen LogP contribution in [0.4, 0.5) is 5.69 Å².